The van der Waals surface area contributed by atoms with Crippen LogP contribution >= 0.6 is 0 Å². The molecule has 0 unspecified atom stereocenters. The normalized spacial score (nSPS) is 25.6. The Morgan fingerprint density at radius 1 is 0.500 bits per heavy atom. The number of aliphatic hydroxyl groups excluding tert-OH is 8. The number of aliphatic hydroxyl groups is 8. The Balaban J connectivity index is 1.18. The van der Waals surface area contributed by atoms with Crippen molar-refractivity contribution in [2.45, 2.75) is 99.9 Å². The van der Waals surface area contributed by atoms with Gasteiger partial charge in [0, 0.05) is 35.1 Å². The fourth-order valence-corrected chi connectivity index (χ4v) is 7.55. The van der Waals surface area contributed by atoms with Crippen LogP contribution in [0.5, 0.6) is 11.5 Å². The van der Waals surface area contributed by atoms with Crippen LogP contribution in [-0.4, -0.2) is 149 Å². The Hall–Kier alpha value is -5.64. The van der Waals surface area contributed by atoms with Crippen molar-refractivity contribution < 1.29 is 89.2 Å². The highest BCUT2D eigenvalue weighted by Gasteiger charge is 2.46. The maximum absolute atomic E-state index is 13.6. The van der Waals surface area contributed by atoms with E-state index >= 15 is 0 Å². The molecule has 0 amide bonds. The number of Topliss-reactive ketones (excluding diaryl/α,β-unsaturated/α-hetero) is 2. The lowest BCUT2D eigenvalue weighted by atomic mass is 9.95. The van der Waals surface area contributed by atoms with E-state index in [9.17, 15) is 70.2 Å². The molecule has 0 saturated carbocycles. The smallest absolute Gasteiger partial charge is 0.307 e. The van der Waals surface area contributed by atoms with Crippen molar-refractivity contribution in [3.05, 3.63) is 107 Å². The van der Waals surface area contributed by atoms with Crippen molar-refractivity contribution in [2.24, 2.45) is 0 Å². The first-order chi connectivity index (χ1) is 30.6. The van der Waals surface area contributed by atoms with Crippen LogP contribution in [0.25, 0.3) is 22.3 Å². The van der Waals surface area contributed by atoms with Gasteiger partial charge in [-0.2, -0.15) is 0 Å². The number of carbonyl (C=O) groups is 4. The number of hydrogen-bond donors (Lipinski definition) is 10. The fourth-order valence-electron chi connectivity index (χ4n) is 7.55. The molecule has 2 saturated heterocycles. The quantitative estimate of drug-likeness (QED) is 0.0468. The van der Waals surface area contributed by atoms with Crippen LogP contribution in [0.2, 0.25) is 0 Å². The minimum atomic E-state index is -1.72. The molecule has 0 spiro atoms. The summed E-state index contributed by atoms with van der Waals surface area (Å²) in [5, 5.41) is 100. The van der Waals surface area contributed by atoms with Crippen molar-refractivity contribution in [2.75, 3.05) is 13.2 Å². The van der Waals surface area contributed by atoms with Gasteiger partial charge in [-0.1, -0.05) is 48.5 Å². The van der Waals surface area contributed by atoms with Crippen LogP contribution in [0.4, 0.5) is 0 Å². The van der Waals surface area contributed by atoms with Crippen LogP contribution in [0, 0.1) is 0 Å². The predicted molar refractivity (Wildman–Crippen MR) is 222 cm³/mol. The van der Waals surface area contributed by atoms with Gasteiger partial charge in [0.15, 0.2) is 11.6 Å². The molecule has 2 aliphatic rings. The Kier molecular flexibility index (Phi) is 16.0. The van der Waals surface area contributed by atoms with E-state index in [2.05, 4.69) is 0 Å². The molecule has 64 heavy (non-hydrogen) atoms. The van der Waals surface area contributed by atoms with Crippen LogP contribution in [0.3, 0.4) is 0 Å². The molecule has 10 N–H and O–H groups in total. The lowest BCUT2D eigenvalue weighted by molar-refractivity contribution is -0.277. The topological polar surface area (TPSA) is 308 Å². The molecular formula is C46H50O18. The number of rotatable bonds is 19. The van der Waals surface area contributed by atoms with E-state index in [0.29, 0.717) is 46.2 Å². The van der Waals surface area contributed by atoms with Gasteiger partial charge >= 0.3 is 11.9 Å². The predicted octanol–water partition coefficient (Wildman–Crippen LogP) is 1.26. The van der Waals surface area contributed by atoms with Crippen LogP contribution in [0.1, 0.15) is 57.5 Å². The summed E-state index contributed by atoms with van der Waals surface area (Å²) in [5.74, 6) is -2.58. The number of ether oxygens (including phenoxy) is 4. The van der Waals surface area contributed by atoms with Gasteiger partial charge in [-0.3, -0.25) is 19.2 Å². The molecule has 18 nitrogen and oxygen atoms in total. The number of benzene rings is 4. The third-order valence-corrected chi connectivity index (χ3v) is 11.0. The van der Waals surface area contributed by atoms with E-state index in [1.165, 1.54) is 36.4 Å². The first kappa shape index (κ1) is 47.8. The first-order valence-corrected chi connectivity index (χ1v) is 20.5. The molecule has 18 heteroatoms. The van der Waals surface area contributed by atoms with E-state index in [-0.39, 0.29) is 59.9 Å². The second kappa shape index (κ2) is 21.4. The summed E-state index contributed by atoms with van der Waals surface area (Å²) >= 11 is 0. The molecule has 4 aromatic carbocycles. The Bertz CT molecular complexity index is 2130. The second-order valence-corrected chi connectivity index (χ2v) is 15.6. The maximum atomic E-state index is 13.6. The van der Waals surface area contributed by atoms with E-state index in [0.717, 1.165) is 0 Å². The molecule has 0 aliphatic carbocycles. The van der Waals surface area contributed by atoms with Crippen LogP contribution in [0.15, 0.2) is 84.9 Å². The number of carboxylic acids is 2. The third-order valence-electron chi connectivity index (χ3n) is 11.0. The zero-order valence-corrected chi connectivity index (χ0v) is 34.3. The fraction of sp³-hybridized carbons (Fsp3) is 0.391. The zero-order chi connectivity index (χ0) is 46.2. The highest BCUT2D eigenvalue weighted by atomic mass is 16.7. The number of carboxylic acid groups (broad SMARTS) is 2. The van der Waals surface area contributed by atoms with E-state index in [4.69, 9.17) is 18.9 Å². The number of ketones is 2. The molecule has 4 aromatic rings. The van der Waals surface area contributed by atoms with E-state index in [1.54, 1.807) is 48.5 Å². The number of unbranched alkanes of at least 4 members (excludes halogenated alkanes) is 1. The van der Waals surface area contributed by atoms with Gasteiger partial charge in [-0.25, -0.2) is 0 Å². The Labute approximate surface area is 366 Å². The molecule has 0 bridgehead atoms. The van der Waals surface area contributed by atoms with Gasteiger partial charge in [0.25, 0.3) is 0 Å². The number of carbonyl (C=O) groups excluding carboxylic acids is 2. The summed E-state index contributed by atoms with van der Waals surface area (Å²) in [6.07, 6.45) is -15.7. The summed E-state index contributed by atoms with van der Waals surface area (Å²) in [6, 6.07) is 21.8. The monoisotopic (exact) mass is 890 g/mol. The van der Waals surface area contributed by atoms with Gasteiger partial charge in [-0.15, -0.1) is 0 Å². The summed E-state index contributed by atoms with van der Waals surface area (Å²) in [7, 11) is 0. The maximum Gasteiger partial charge on any atom is 0.307 e. The molecule has 342 valence electrons. The lowest BCUT2D eigenvalue weighted by Crippen LogP contribution is -2.60. The first-order valence-electron chi connectivity index (χ1n) is 20.5. The minimum Gasteiger partial charge on any atom is -0.481 e. The van der Waals surface area contributed by atoms with Crippen molar-refractivity contribution in [1.82, 2.24) is 0 Å². The average molecular weight is 891 g/mol. The summed E-state index contributed by atoms with van der Waals surface area (Å²) < 4.78 is 23.0. The van der Waals surface area contributed by atoms with Gasteiger partial charge in [0.1, 0.15) is 60.3 Å². The second-order valence-electron chi connectivity index (χ2n) is 15.6. The highest BCUT2D eigenvalue weighted by molar-refractivity contribution is 5.99. The van der Waals surface area contributed by atoms with Gasteiger partial charge in [0.2, 0.25) is 12.6 Å². The molecule has 0 aromatic heterocycles. The Morgan fingerprint density at radius 2 is 0.891 bits per heavy atom. The Morgan fingerprint density at radius 3 is 1.25 bits per heavy atom. The molecule has 10 atom stereocenters. The van der Waals surface area contributed by atoms with E-state index < -0.39 is 86.6 Å². The van der Waals surface area contributed by atoms with Gasteiger partial charge in [-0.05, 0) is 71.5 Å². The molecule has 2 fully saturated rings. The summed E-state index contributed by atoms with van der Waals surface area (Å²) in [4.78, 5) is 50.1. The highest BCUT2D eigenvalue weighted by Crippen LogP contribution is 2.37. The third kappa shape index (κ3) is 11.4. The SMILES string of the molecule is O=C(O)Cc1cccc(-c2cc(C(=O)CCCCC(=O)c3ccc(O[C@@H]4O[C@H](CO)[C@@H](O)[C@H](O)[C@@H]4O)c(-c4cccc(CC(=O)O)c4)c3)ccc2O[C@@H]2O[C@H](CO)[C@@H](O)[C@H](O)[C@@H]2O)c1. The molecular weight excluding hydrogens is 840 g/mol. The largest absolute Gasteiger partial charge is 0.481 e. The van der Waals surface area contributed by atoms with Gasteiger partial charge < -0.3 is 70.0 Å². The van der Waals surface area contributed by atoms with Crippen LogP contribution < -0.4 is 9.47 Å². The van der Waals surface area contributed by atoms with Crippen molar-refractivity contribution in [1.29, 1.82) is 0 Å². The van der Waals surface area contributed by atoms with E-state index in [1.807, 2.05) is 0 Å². The average Bonchev–Trinajstić information content (AvgIpc) is 3.27. The van der Waals surface area contributed by atoms with Crippen molar-refractivity contribution in [3.63, 3.8) is 0 Å². The summed E-state index contributed by atoms with van der Waals surface area (Å²) in [5.41, 5.74) is 2.92. The molecule has 2 heterocycles. The lowest BCUT2D eigenvalue weighted by Gasteiger charge is -2.39. The standard InChI is InChI=1S/C46H50O18/c47-21-35-39(55)41(57)43(59)45(63-35)61-33-13-11-27(19-29(33)25-7-3-5-23(15-25)17-37(51)52)31(49)9-1-2-10-32(50)28-12-14-34(62-46-44(60)42(58)40(56)36(22-48)64-46)30(20-28)26-8-4-6-24(16-26)18-38(53)54/h3-8,11-16,19-20,35-36,39-48,55-60H,1-2,9-10,17-18,21-22H2,(H,51,52)(H,53,54)/t35-,36-,39-,40-,41+,42+,43+,44+,45-,46-/m1/s1. The molecule has 6 rings (SSSR count). The molecule has 0 radical (unpaired) electrons. The number of hydrogen-bond acceptors (Lipinski definition) is 16. The number of aliphatic carboxylic acids is 2. The summed E-state index contributed by atoms with van der Waals surface area (Å²) in [6.45, 7) is -1.37. The molecule has 2 aliphatic heterocycles. The van der Waals surface area contributed by atoms with Crippen molar-refractivity contribution >= 4 is 23.5 Å². The van der Waals surface area contributed by atoms with Crippen molar-refractivity contribution in [3.8, 4) is 33.8 Å². The van der Waals surface area contributed by atoms with Crippen LogP contribution in [-0.2, 0) is 31.9 Å². The van der Waals surface area contributed by atoms with Gasteiger partial charge in [0.05, 0.1) is 26.1 Å². The minimum absolute atomic E-state index is 0.0200. The zero-order valence-electron chi connectivity index (χ0n) is 34.3.